The molecule has 170 valence electrons. The SMILES string of the molecule is CC(=O)OC[C@H]1O[C@@H](Oc2ccc(N)cc2)[C@H](OC(C)=O)[C@@H](OC(C)=O)[C@H]1OC(C)=O. The number of benzene rings is 1. The number of anilines is 1. The van der Waals surface area contributed by atoms with Gasteiger partial charge in [0.25, 0.3) is 0 Å². The molecule has 31 heavy (non-hydrogen) atoms. The largest absolute Gasteiger partial charge is 0.463 e. The first-order valence-corrected chi connectivity index (χ1v) is 9.39. The summed E-state index contributed by atoms with van der Waals surface area (Å²) in [5.74, 6) is -2.43. The van der Waals surface area contributed by atoms with E-state index >= 15 is 0 Å². The zero-order chi connectivity index (χ0) is 23.1. The molecule has 11 heteroatoms. The van der Waals surface area contributed by atoms with Crippen molar-refractivity contribution in [2.24, 2.45) is 0 Å². The highest BCUT2D eigenvalue weighted by Gasteiger charge is 2.53. The predicted octanol–water partition coefficient (Wildman–Crippen LogP) is 0.731. The molecule has 0 amide bonds. The average Bonchev–Trinajstić information content (AvgIpc) is 2.65. The third-order valence-electron chi connectivity index (χ3n) is 4.08. The first-order valence-electron chi connectivity index (χ1n) is 9.39. The number of hydrogen-bond donors (Lipinski definition) is 1. The number of nitrogens with two attached hydrogens (primary N) is 1. The van der Waals surface area contributed by atoms with Crippen LogP contribution >= 0.6 is 0 Å². The zero-order valence-electron chi connectivity index (χ0n) is 17.6. The average molecular weight is 439 g/mol. The fourth-order valence-electron chi connectivity index (χ4n) is 2.96. The molecule has 1 heterocycles. The molecule has 0 saturated carbocycles. The molecular weight excluding hydrogens is 414 g/mol. The van der Waals surface area contributed by atoms with Crippen LogP contribution in [0.1, 0.15) is 27.7 Å². The Bertz CT molecular complexity index is 809. The van der Waals surface area contributed by atoms with Gasteiger partial charge in [-0.05, 0) is 24.3 Å². The molecule has 0 unspecified atom stereocenters. The smallest absolute Gasteiger partial charge is 0.303 e. The molecule has 1 aromatic carbocycles. The molecule has 1 fully saturated rings. The second-order valence-corrected chi connectivity index (χ2v) is 6.75. The van der Waals surface area contributed by atoms with Gasteiger partial charge in [0, 0.05) is 33.4 Å². The Morgan fingerprint density at radius 3 is 1.84 bits per heavy atom. The third-order valence-corrected chi connectivity index (χ3v) is 4.08. The van der Waals surface area contributed by atoms with Crippen LogP contribution in [-0.2, 0) is 42.9 Å². The maximum absolute atomic E-state index is 11.8. The Morgan fingerprint density at radius 2 is 1.32 bits per heavy atom. The molecule has 0 bridgehead atoms. The molecule has 0 aromatic heterocycles. The highest BCUT2D eigenvalue weighted by molar-refractivity contribution is 5.68. The molecular formula is C20H25NO10. The Labute approximate surface area is 178 Å². The summed E-state index contributed by atoms with van der Waals surface area (Å²) in [6.45, 7) is 4.29. The molecule has 0 spiro atoms. The summed E-state index contributed by atoms with van der Waals surface area (Å²) >= 11 is 0. The van der Waals surface area contributed by atoms with E-state index in [1.165, 1.54) is 6.92 Å². The Balaban J connectivity index is 2.43. The number of nitrogen functional groups attached to an aromatic ring is 1. The predicted molar refractivity (Wildman–Crippen MR) is 103 cm³/mol. The Hall–Kier alpha value is -3.34. The second-order valence-electron chi connectivity index (χ2n) is 6.75. The van der Waals surface area contributed by atoms with Crippen LogP contribution in [0.2, 0.25) is 0 Å². The van der Waals surface area contributed by atoms with Crippen LogP contribution in [0.15, 0.2) is 24.3 Å². The minimum absolute atomic E-state index is 0.315. The van der Waals surface area contributed by atoms with Crippen molar-refractivity contribution < 1.29 is 47.6 Å². The minimum Gasteiger partial charge on any atom is -0.463 e. The number of carbonyl (C=O) groups is 4. The monoisotopic (exact) mass is 439 g/mol. The van der Waals surface area contributed by atoms with Crippen molar-refractivity contribution >= 4 is 29.6 Å². The lowest BCUT2D eigenvalue weighted by Gasteiger charge is -2.43. The van der Waals surface area contributed by atoms with Gasteiger partial charge in [0.1, 0.15) is 18.5 Å². The van der Waals surface area contributed by atoms with Gasteiger partial charge in [-0.25, -0.2) is 0 Å². The zero-order valence-corrected chi connectivity index (χ0v) is 17.6. The summed E-state index contributed by atoms with van der Waals surface area (Å²) in [7, 11) is 0. The van der Waals surface area contributed by atoms with Gasteiger partial charge in [-0.1, -0.05) is 0 Å². The van der Waals surface area contributed by atoms with Crippen LogP contribution in [0.25, 0.3) is 0 Å². The normalized spacial score (nSPS) is 25.1. The number of carbonyl (C=O) groups excluding carboxylic acids is 4. The third kappa shape index (κ3) is 7.14. The maximum Gasteiger partial charge on any atom is 0.303 e. The van der Waals surface area contributed by atoms with Gasteiger partial charge in [0.2, 0.25) is 12.4 Å². The van der Waals surface area contributed by atoms with Gasteiger partial charge in [-0.2, -0.15) is 0 Å². The first kappa shape index (κ1) is 23.9. The lowest BCUT2D eigenvalue weighted by atomic mass is 9.98. The van der Waals surface area contributed by atoms with E-state index in [1.807, 2.05) is 0 Å². The summed E-state index contributed by atoms with van der Waals surface area (Å²) in [6.07, 6.45) is -6.20. The van der Waals surface area contributed by atoms with Crippen molar-refractivity contribution in [1.82, 2.24) is 0 Å². The van der Waals surface area contributed by atoms with E-state index in [9.17, 15) is 19.2 Å². The number of hydrogen-bond acceptors (Lipinski definition) is 11. The maximum atomic E-state index is 11.8. The highest BCUT2D eigenvalue weighted by Crippen LogP contribution is 2.31. The molecule has 2 N–H and O–H groups in total. The first-order chi connectivity index (χ1) is 14.6. The minimum atomic E-state index is -1.29. The Kier molecular flexibility index (Phi) is 8.20. The molecule has 1 aromatic rings. The summed E-state index contributed by atoms with van der Waals surface area (Å²) < 4.78 is 32.6. The quantitative estimate of drug-likeness (QED) is 0.364. The highest BCUT2D eigenvalue weighted by atomic mass is 16.7. The van der Waals surface area contributed by atoms with Crippen molar-refractivity contribution in [1.29, 1.82) is 0 Å². The van der Waals surface area contributed by atoms with E-state index in [0.717, 1.165) is 20.8 Å². The lowest BCUT2D eigenvalue weighted by Crippen LogP contribution is -2.63. The van der Waals surface area contributed by atoms with Crippen molar-refractivity contribution in [3.05, 3.63) is 24.3 Å². The topological polar surface area (TPSA) is 150 Å². The van der Waals surface area contributed by atoms with Gasteiger partial charge in [-0.15, -0.1) is 0 Å². The fourth-order valence-corrected chi connectivity index (χ4v) is 2.96. The van der Waals surface area contributed by atoms with E-state index in [-0.39, 0.29) is 6.61 Å². The van der Waals surface area contributed by atoms with Gasteiger partial charge < -0.3 is 34.2 Å². The molecule has 0 aliphatic carbocycles. The number of rotatable bonds is 7. The van der Waals surface area contributed by atoms with Gasteiger partial charge >= 0.3 is 23.9 Å². The summed E-state index contributed by atoms with van der Waals surface area (Å²) in [5.41, 5.74) is 6.17. The van der Waals surface area contributed by atoms with E-state index in [2.05, 4.69) is 0 Å². The molecule has 5 atom stereocenters. The summed E-state index contributed by atoms with van der Waals surface area (Å²) in [5, 5.41) is 0. The summed E-state index contributed by atoms with van der Waals surface area (Å²) in [4.78, 5) is 46.5. The lowest BCUT2D eigenvalue weighted by molar-refractivity contribution is -0.288. The number of esters is 4. The van der Waals surface area contributed by atoms with E-state index < -0.39 is 54.6 Å². The molecule has 1 saturated heterocycles. The van der Waals surface area contributed by atoms with Crippen LogP contribution in [0.5, 0.6) is 5.75 Å². The molecule has 0 radical (unpaired) electrons. The van der Waals surface area contributed by atoms with Crippen molar-refractivity contribution in [2.75, 3.05) is 12.3 Å². The van der Waals surface area contributed by atoms with Crippen LogP contribution in [-0.4, -0.2) is 61.2 Å². The van der Waals surface area contributed by atoms with Crippen molar-refractivity contribution in [2.45, 2.75) is 58.4 Å². The van der Waals surface area contributed by atoms with Gasteiger partial charge in [-0.3, -0.25) is 19.2 Å². The standard InChI is InChI=1S/C20H25NO10/c1-10(22)26-9-16-17(27-11(2)23)18(28-12(3)24)19(29-13(4)25)20(31-16)30-15-7-5-14(21)6-8-15/h5-8,16-20H,9,21H2,1-4H3/t16-,17+,18+,19-,20-/m1/s1. The van der Waals surface area contributed by atoms with Gasteiger partial charge in [0.15, 0.2) is 12.2 Å². The van der Waals surface area contributed by atoms with Crippen molar-refractivity contribution in [3.8, 4) is 5.75 Å². The Morgan fingerprint density at radius 1 is 0.806 bits per heavy atom. The van der Waals surface area contributed by atoms with Crippen LogP contribution in [0.3, 0.4) is 0 Å². The van der Waals surface area contributed by atoms with E-state index in [4.69, 9.17) is 34.2 Å². The van der Waals surface area contributed by atoms with Crippen LogP contribution in [0.4, 0.5) is 5.69 Å². The van der Waals surface area contributed by atoms with Gasteiger partial charge in [0.05, 0.1) is 0 Å². The molecule has 11 nitrogen and oxygen atoms in total. The van der Waals surface area contributed by atoms with E-state index in [0.29, 0.717) is 11.4 Å². The second kappa shape index (κ2) is 10.6. The van der Waals surface area contributed by atoms with Crippen LogP contribution in [0, 0.1) is 0 Å². The fraction of sp³-hybridized carbons (Fsp3) is 0.500. The van der Waals surface area contributed by atoms with Crippen molar-refractivity contribution in [3.63, 3.8) is 0 Å². The van der Waals surface area contributed by atoms with E-state index in [1.54, 1.807) is 24.3 Å². The van der Waals surface area contributed by atoms with Crippen LogP contribution < -0.4 is 10.5 Å². The number of ether oxygens (including phenoxy) is 6. The summed E-state index contributed by atoms with van der Waals surface area (Å²) in [6, 6.07) is 6.29. The molecule has 1 aliphatic rings. The molecule has 2 rings (SSSR count). The molecule has 1 aliphatic heterocycles.